The Kier molecular flexibility index (Phi) is 5.81. The number of benzene rings is 2. The second-order valence-electron chi connectivity index (χ2n) is 7.97. The molecule has 2 aromatic carbocycles. The van der Waals surface area contributed by atoms with Crippen LogP contribution in [0.4, 0.5) is 0 Å². The maximum atomic E-state index is 13.0. The second-order valence-corrected chi connectivity index (χ2v) is 8.41. The first-order valence-corrected chi connectivity index (χ1v) is 9.72. The van der Waals surface area contributed by atoms with Gasteiger partial charge in [-0.3, -0.25) is 4.79 Å². The Balaban J connectivity index is 2.14. The molecular weight excluding hydrogens is 386 g/mol. The van der Waals surface area contributed by atoms with Crippen molar-refractivity contribution in [1.29, 1.82) is 5.26 Å². The average molecular weight is 408 g/mol. The minimum Gasteiger partial charge on any atom is -0.294 e. The Bertz CT molecular complexity index is 1080. The Hall–Kier alpha value is -3.04. The summed E-state index contributed by atoms with van der Waals surface area (Å²) < 4.78 is 1.65. The lowest BCUT2D eigenvalue weighted by molar-refractivity contribution is 0.0952. The van der Waals surface area contributed by atoms with Gasteiger partial charge in [0.2, 0.25) is 0 Å². The number of aromatic nitrogens is 4. The maximum absolute atomic E-state index is 13.0. The summed E-state index contributed by atoms with van der Waals surface area (Å²) in [5.74, 6) is 0.711. The summed E-state index contributed by atoms with van der Waals surface area (Å²) in [4.78, 5) is 13.0. The quantitative estimate of drug-likeness (QED) is 0.522. The van der Waals surface area contributed by atoms with E-state index in [-0.39, 0.29) is 18.1 Å². The average Bonchev–Trinajstić information content (AvgIpc) is 3.18. The Morgan fingerprint density at radius 3 is 2.48 bits per heavy atom. The summed E-state index contributed by atoms with van der Waals surface area (Å²) >= 11 is 6.02. The highest BCUT2D eigenvalue weighted by atomic mass is 35.5. The molecule has 148 valence electrons. The van der Waals surface area contributed by atoms with Gasteiger partial charge in [-0.1, -0.05) is 37.6 Å². The van der Waals surface area contributed by atoms with Crippen molar-refractivity contribution in [2.24, 2.45) is 5.41 Å². The predicted octanol–water partition coefficient (Wildman–Crippen LogP) is 5.23. The first-order chi connectivity index (χ1) is 13.7. The number of carbonyl (C=O) groups excluding carboxylic acids is 1. The van der Waals surface area contributed by atoms with Gasteiger partial charge >= 0.3 is 0 Å². The van der Waals surface area contributed by atoms with Crippen molar-refractivity contribution in [3.8, 4) is 22.9 Å². The monoisotopic (exact) mass is 407 g/mol. The predicted molar refractivity (Wildman–Crippen MR) is 112 cm³/mol. The van der Waals surface area contributed by atoms with Gasteiger partial charge in [0.15, 0.2) is 11.6 Å². The summed E-state index contributed by atoms with van der Waals surface area (Å²) in [5.41, 5.74) is 2.24. The van der Waals surface area contributed by atoms with Gasteiger partial charge in [0, 0.05) is 22.9 Å². The van der Waals surface area contributed by atoms with Gasteiger partial charge in [-0.25, -0.2) is 0 Å². The molecule has 0 aliphatic rings. The molecule has 0 N–H and O–H groups in total. The van der Waals surface area contributed by atoms with Crippen LogP contribution in [0.2, 0.25) is 5.02 Å². The van der Waals surface area contributed by atoms with E-state index in [4.69, 9.17) is 11.6 Å². The van der Waals surface area contributed by atoms with Gasteiger partial charge in [-0.05, 0) is 65.7 Å². The molecule has 1 heterocycles. The smallest absolute Gasteiger partial charge is 0.164 e. The van der Waals surface area contributed by atoms with Gasteiger partial charge in [-0.2, -0.15) is 9.94 Å². The van der Waals surface area contributed by atoms with Crippen molar-refractivity contribution < 1.29 is 4.79 Å². The third-order valence-electron chi connectivity index (χ3n) is 4.58. The molecule has 6 nitrogen and oxygen atoms in total. The lowest BCUT2D eigenvalue weighted by Gasteiger charge is -2.16. The van der Waals surface area contributed by atoms with E-state index >= 15 is 0 Å². The van der Waals surface area contributed by atoms with Crippen LogP contribution in [0.1, 0.15) is 56.2 Å². The Labute approximate surface area is 175 Å². The van der Waals surface area contributed by atoms with E-state index in [1.54, 1.807) is 36.7 Å². The fourth-order valence-corrected chi connectivity index (χ4v) is 3.11. The first-order valence-electron chi connectivity index (χ1n) is 9.34. The van der Waals surface area contributed by atoms with Gasteiger partial charge in [-0.15, -0.1) is 5.10 Å². The summed E-state index contributed by atoms with van der Waals surface area (Å²) in [5, 5.41) is 22.0. The summed E-state index contributed by atoms with van der Waals surface area (Å²) in [6, 6.07) is 15.2. The molecule has 0 radical (unpaired) electrons. The van der Waals surface area contributed by atoms with E-state index in [1.165, 1.54) is 0 Å². The van der Waals surface area contributed by atoms with Crippen LogP contribution in [0.5, 0.6) is 0 Å². The Morgan fingerprint density at radius 1 is 1.17 bits per heavy atom. The molecule has 0 bridgehead atoms. The van der Waals surface area contributed by atoms with Gasteiger partial charge in [0.1, 0.15) is 0 Å². The number of tetrazole rings is 1. The molecule has 1 aromatic heterocycles. The van der Waals surface area contributed by atoms with Crippen LogP contribution in [0.15, 0.2) is 42.5 Å². The van der Waals surface area contributed by atoms with Crippen LogP contribution in [0, 0.1) is 16.7 Å². The zero-order valence-electron chi connectivity index (χ0n) is 16.8. The van der Waals surface area contributed by atoms with Gasteiger partial charge < -0.3 is 0 Å². The number of Topliss-reactive ketones (excluding diaryl/α,β-unsaturated/α-hetero) is 1. The molecule has 0 atom stereocenters. The zero-order valence-corrected chi connectivity index (χ0v) is 17.6. The van der Waals surface area contributed by atoms with Crippen LogP contribution in [0.25, 0.3) is 16.8 Å². The lowest BCUT2D eigenvalue weighted by Crippen LogP contribution is -2.15. The highest BCUT2D eigenvalue weighted by Crippen LogP contribution is 2.29. The van der Waals surface area contributed by atoms with Crippen LogP contribution in [-0.2, 0) is 0 Å². The van der Waals surface area contributed by atoms with Crippen LogP contribution in [-0.4, -0.2) is 26.0 Å². The molecular formula is C22H22ClN5O. The third-order valence-corrected chi connectivity index (χ3v) is 4.83. The molecule has 7 heteroatoms. The highest BCUT2D eigenvalue weighted by Gasteiger charge is 2.23. The van der Waals surface area contributed by atoms with E-state index in [0.717, 1.165) is 11.1 Å². The van der Waals surface area contributed by atoms with Crippen molar-refractivity contribution >= 4 is 17.4 Å². The molecule has 0 unspecified atom stereocenters. The molecule has 29 heavy (non-hydrogen) atoms. The van der Waals surface area contributed by atoms with E-state index in [2.05, 4.69) is 21.6 Å². The van der Waals surface area contributed by atoms with Gasteiger partial charge in [0.05, 0.1) is 17.2 Å². The van der Waals surface area contributed by atoms with Gasteiger partial charge in [0.25, 0.3) is 0 Å². The first kappa shape index (κ1) is 20.7. The Morgan fingerprint density at radius 2 is 1.86 bits per heavy atom. The molecule has 3 aromatic rings. The number of halogens is 1. The van der Waals surface area contributed by atoms with Crippen molar-refractivity contribution in [2.45, 2.75) is 40.0 Å². The van der Waals surface area contributed by atoms with E-state index in [0.29, 0.717) is 22.1 Å². The molecule has 0 saturated heterocycles. The largest absolute Gasteiger partial charge is 0.294 e. The third kappa shape index (κ3) is 4.69. The number of nitrogens with zero attached hydrogens (tertiary/aromatic N) is 5. The maximum Gasteiger partial charge on any atom is 0.164 e. The lowest BCUT2D eigenvalue weighted by atomic mass is 9.86. The molecule has 0 saturated carbocycles. The van der Waals surface area contributed by atoms with E-state index < -0.39 is 5.41 Å². The van der Waals surface area contributed by atoms with Crippen molar-refractivity contribution in [3.63, 3.8) is 0 Å². The number of hydrogen-bond acceptors (Lipinski definition) is 5. The van der Waals surface area contributed by atoms with E-state index in [9.17, 15) is 10.1 Å². The topological polar surface area (TPSA) is 84.5 Å². The normalized spacial score (nSPS) is 11.5. The fourth-order valence-electron chi connectivity index (χ4n) is 2.98. The molecule has 0 amide bonds. The fraction of sp³-hybridized carbons (Fsp3) is 0.318. The second kappa shape index (κ2) is 8.14. The molecule has 0 fully saturated rings. The minimum atomic E-state index is -0.745. The van der Waals surface area contributed by atoms with Crippen LogP contribution < -0.4 is 0 Å². The molecule has 0 aliphatic heterocycles. The van der Waals surface area contributed by atoms with Crippen molar-refractivity contribution in [2.75, 3.05) is 0 Å². The highest BCUT2D eigenvalue weighted by molar-refractivity contribution is 6.30. The number of nitriles is 1. The van der Waals surface area contributed by atoms with E-state index in [1.807, 2.05) is 38.1 Å². The SMILES string of the molecule is CC(C)c1nnnn1-c1cc(C(=O)CC(C)(C)C#N)cc(-c2ccc(Cl)cc2)c1. The van der Waals surface area contributed by atoms with Crippen LogP contribution >= 0.6 is 11.6 Å². The number of hydrogen-bond donors (Lipinski definition) is 0. The standard InChI is InChI=1S/C22H22ClN5O/c1-14(2)21-25-26-27-28(21)19-10-16(15-5-7-18(23)8-6-15)9-17(11-19)20(29)12-22(3,4)13-24/h5-11,14H,12H2,1-4H3. The molecule has 0 spiro atoms. The summed E-state index contributed by atoms with van der Waals surface area (Å²) in [6.07, 6.45) is 0.125. The molecule has 0 aliphatic carbocycles. The van der Waals surface area contributed by atoms with Crippen molar-refractivity contribution in [3.05, 3.63) is 58.9 Å². The van der Waals surface area contributed by atoms with Crippen LogP contribution in [0.3, 0.4) is 0 Å². The zero-order chi connectivity index (χ0) is 21.2. The number of ketones is 1. The molecule has 3 rings (SSSR count). The minimum absolute atomic E-state index is 0.104. The summed E-state index contributed by atoms with van der Waals surface area (Å²) in [6.45, 7) is 7.53. The number of carbonyl (C=O) groups is 1. The summed E-state index contributed by atoms with van der Waals surface area (Å²) in [7, 11) is 0. The number of rotatable bonds is 6. The van der Waals surface area contributed by atoms with Crippen molar-refractivity contribution in [1.82, 2.24) is 20.2 Å².